The molecular formula is C20H31N3O5S. The van der Waals surface area contributed by atoms with Crippen molar-refractivity contribution in [2.45, 2.75) is 50.1 Å². The van der Waals surface area contributed by atoms with E-state index in [4.69, 9.17) is 9.47 Å². The Labute approximate surface area is 173 Å². The number of likely N-dealkylation sites (tertiary alicyclic amines) is 1. The number of amides is 1. The number of hydrogen-bond donors (Lipinski definition) is 2. The minimum atomic E-state index is -3.90. The van der Waals surface area contributed by atoms with E-state index in [0.29, 0.717) is 24.7 Å². The van der Waals surface area contributed by atoms with Crippen LogP contribution in [0.15, 0.2) is 23.1 Å². The van der Waals surface area contributed by atoms with Crippen LogP contribution >= 0.6 is 0 Å². The molecule has 1 atom stereocenters. The van der Waals surface area contributed by atoms with E-state index in [1.807, 2.05) is 13.8 Å². The van der Waals surface area contributed by atoms with E-state index in [2.05, 4.69) is 22.0 Å². The van der Waals surface area contributed by atoms with E-state index in [1.54, 1.807) is 6.07 Å². The summed E-state index contributed by atoms with van der Waals surface area (Å²) in [5, 5.41) is 3.02. The molecule has 2 heterocycles. The highest BCUT2D eigenvalue weighted by Gasteiger charge is 2.31. The Hall–Kier alpha value is -1.84. The Bertz CT molecular complexity index is 819. The Kier molecular flexibility index (Phi) is 7.02. The van der Waals surface area contributed by atoms with Gasteiger partial charge in [0.1, 0.15) is 6.04 Å². The maximum atomic E-state index is 13.0. The fourth-order valence-corrected chi connectivity index (χ4v) is 4.84. The van der Waals surface area contributed by atoms with Gasteiger partial charge in [-0.25, -0.2) is 8.42 Å². The lowest BCUT2D eigenvalue weighted by atomic mass is 10.0. The SMILES string of the molecule is CC(C)C(NS(=O)(=O)c1ccc2c(c1)OCCCO2)C(=O)NC1CCN(C)CC1. The molecule has 9 heteroatoms. The lowest BCUT2D eigenvalue weighted by molar-refractivity contribution is -0.124. The second-order valence-corrected chi connectivity index (χ2v) is 9.80. The normalized spacial score (nSPS) is 19.6. The standard InChI is InChI=1S/C20H31N3O5S/c1-14(2)19(20(24)21-15-7-9-23(3)10-8-15)22-29(25,26)16-5-6-17-18(13-16)28-12-4-11-27-17/h5-6,13-15,19,22H,4,7-12H2,1-3H3,(H,21,24). The first kappa shape index (κ1) is 21.9. The van der Waals surface area contributed by atoms with E-state index in [9.17, 15) is 13.2 Å². The summed E-state index contributed by atoms with van der Waals surface area (Å²) in [5.41, 5.74) is 0. The highest BCUT2D eigenvalue weighted by Crippen LogP contribution is 2.32. The predicted molar refractivity (Wildman–Crippen MR) is 110 cm³/mol. The summed E-state index contributed by atoms with van der Waals surface area (Å²) in [6, 6.07) is 3.74. The smallest absolute Gasteiger partial charge is 0.241 e. The van der Waals surface area contributed by atoms with Gasteiger partial charge in [0, 0.05) is 18.5 Å². The van der Waals surface area contributed by atoms with Crippen molar-refractivity contribution in [3.05, 3.63) is 18.2 Å². The van der Waals surface area contributed by atoms with Crippen LogP contribution in [0, 0.1) is 5.92 Å². The van der Waals surface area contributed by atoms with E-state index in [1.165, 1.54) is 12.1 Å². The Morgan fingerprint density at radius 3 is 2.45 bits per heavy atom. The first-order chi connectivity index (χ1) is 13.8. The maximum absolute atomic E-state index is 13.0. The summed E-state index contributed by atoms with van der Waals surface area (Å²) in [6.45, 7) is 6.49. The van der Waals surface area contributed by atoms with Crippen LogP contribution in [-0.2, 0) is 14.8 Å². The lowest BCUT2D eigenvalue weighted by Gasteiger charge is -2.31. The van der Waals surface area contributed by atoms with Gasteiger partial charge in [0.2, 0.25) is 15.9 Å². The minimum absolute atomic E-state index is 0.0551. The van der Waals surface area contributed by atoms with Crippen molar-refractivity contribution >= 4 is 15.9 Å². The highest BCUT2D eigenvalue weighted by molar-refractivity contribution is 7.89. The van der Waals surface area contributed by atoms with Crippen molar-refractivity contribution in [3.63, 3.8) is 0 Å². The van der Waals surface area contributed by atoms with Gasteiger partial charge in [0.15, 0.2) is 11.5 Å². The molecule has 0 aliphatic carbocycles. The lowest BCUT2D eigenvalue weighted by Crippen LogP contribution is -2.53. The van der Waals surface area contributed by atoms with Crippen molar-refractivity contribution < 1.29 is 22.7 Å². The van der Waals surface area contributed by atoms with Gasteiger partial charge >= 0.3 is 0 Å². The van der Waals surface area contributed by atoms with Crippen LogP contribution in [0.4, 0.5) is 0 Å². The molecule has 0 radical (unpaired) electrons. The number of ether oxygens (including phenoxy) is 2. The fraction of sp³-hybridized carbons (Fsp3) is 0.650. The van der Waals surface area contributed by atoms with Gasteiger partial charge < -0.3 is 19.7 Å². The molecule has 1 saturated heterocycles. The van der Waals surface area contributed by atoms with Crippen LogP contribution in [0.25, 0.3) is 0 Å². The van der Waals surface area contributed by atoms with Gasteiger partial charge in [0.25, 0.3) is 0 Å². The minimum Gasteiger partial charge on any atom is -0.490 e. The molecule has 162 valence electrons. The molecule has 0 bridgehead atoms. The predicted octanol–water partition coefficient (Wildman–Crippen LogP) is 1.36. The maximum Gasteiger partial charge on any atom is 0.241 e. The van der Waals surface area contributed by atoms with Crippen molar-refractivity contribution in [2.24, 2.45) is 5.92 Å². The van der Waals surface area contributed by atoms with Crippen LogP contribution in [-0.4, -0.2) is 64.7 Å². The summed E-state index contributed by atoms with van der Waals surface area (Å²) in [5.74, 6) is 0.452. The number of carbonyl (C=O) groups is 1. The third-order valence-corrected chi connectivity index (χ3v) is 6.76. The molecule has 2 N–H and O–H groups in total. The Balaban J connectivity index is 1.72. The van der Waals surface area contributed by atoms with Gasteiger partial charge in [-0.3, -0.25) is 4.79 Å². The van der Waals surface area contributed by atoms with E-state index >= 15 is 0 Å². The van der Waals surface area contributed by atoms with Crippen LogP contribution in [0.3, 0.4) is 0 Å². The van der Waals surface area contributed by atoms with Gasteiger partial charge in [-0.2, -0.15) is 4.72 Å². The average molecular weight is 426 g/mol. The first-order valence-corrected chi connectivity index (χ1v) is 11.7. The monoisotopic (exact) mass is 425 g/mol. The summed E-state index contributed by atoms with van der Waals surface area (Å²) in [7, 11) is -1.85. The van der Waals surface area contributed by atoms with Gasteiger partial charge in [0.05, 0.1) is 18.1 Å². The molecule has 29 heavy (non-hydrogen) atoms. The topological polar surface area (TPSA) is 97.0 Å². The molecule has 3 rings (SSSR count). The summed E-state index contributed by atoms with van der Waals surface area (Å²) in [4.78, 5) is 15.1. The quantitative estimate of drug-likeness (QED) is 0.714. The summed E-state index contributed by atoms with van der Waals surface area (Å²) in [6.07, 6.45) is 2.46. The number of nitrogens with zero attached hydrogens (tertiary/aromatic N) is 1. The number of carbonyl (C=O) groups excluding carboxylic acids is 1. The number of nitrogens with one attached hydrogen (secondary N) is 2. The van der Waals surface area contributed by atoms with Crippen molar-refractivity contribution in [2.75, 3.05) is 33.4 Å². The Morgan fingerprint density at radius 2 is 1.79 bits per heavy atom. The molecular weight excluding hydrogens is 394 g/mol. The van der Waals surface area contributed by atoms with E-state index in [-0.39, 0.29) is 22.8 Å². The molecule has 1 aromatic carbocycles. The molecule has 0 saturated carbocycles. The molecule has 1 amide bonds. The van der Waals surface area contributed by atoms with Gasteiger partial charge in [-0.05, 0) is 51.0 Å². The first-order valence-electron chi connectivity index (χ1n) is 10.2. The Morgan fingerprint density at radius 1 is 1.14 bits per heavy atom. The van der Waals surface area contributed by atoms with Crippen LogP contribution in [0.1, 0.15) is 33.1 Å². The molecule has 1 fully saturated rings. The van der Waals surface area contributed by atoms with Crippen molar-refractivity contribution in [3.8, 4) is 11.5 Å². The number of piperidine rings is 1. The molecule has 0 spiro atoms. The molecule has 1 aromatic rings. The van der Waals surface area contributed by atoms with Crippen LogP contribution in [0.2, 0.25) is 0 Å². The van der Waals surface area contributed by atoms with Gasteiger partial charge in [-0.15, -0.1) is 0 Å². The number of fused-ring (bicyclic) bond motifs is 1. The molecule has 1 unspecified atom stereocenters. The number of sulfonamides is 1. The van der Waals surface area contributed by atoms with E-state index < -0.39 is 16.1 Å². The van der Waals surface area contributed by atoms with Crippen LogP contribution < -0.4 is 19.5 Å². The largest absolute Gasteiger partial charge is 0.490 e. The zero-order valence-corrected chi connectivity index (χ0v) is 18.1. The zero-order chi connectivity index (χ0) is 21.0. The highest BCUT2D eigenvalue weighted by atomic mass is 32.2. The summed E-state index contributed by atoms with van der Waals surface area (Å²) < 4.78 is 39.7. The third-order valence-electron chi connectivity index (χ3n) is 5.33. The second-order valence-electron chi connectivity index (χ2n) is 8.09. The fourth-order valence-electron chi connectivity index (χ4n) is 3.48. The van der Waals surface area contributed by atoms with Crippen molar-refractivity contribution in [1.29, 1.82) is 0 Å². The van der Waals surface area contributed by atoms with E-state index in [0.717, 1.165) is 32.4 Å². The van der Waals surface area contributed by atoms with Gasteiger partial charge in [-0.1, -0.05) is 13.8 Å². The number of rotatable bonds is 6. The molecule has 0 aromatic heterocycles. The van der Waals surface area contributed by atoms with Crippen LogP contribution in [0.5, 0.6) is 11.5 Å². The third kappa shape index (κ3) is 5.61. The van der Waals surface area contributed by atoms with Crippen molar-refractivity contribution in [1.82, 2.24) is 14.9 Å². The average Bonchev–Trinajstić information content (AvgIpc) is 2.92. The molecule has 2 aliphatic heterocycles. The number of benzene rings is 1. The number of hydrogen-bond acceptors (Lipinski definition) is 6. The summed E-state index contributed by atoms with van der Waals surface area (Å²) >= 11 is 0. The second kappa shape index (κ2) is 9.32. The molecule has 8 nitrogen and oxygen atoms in total. The molecule has 2 aliphatic rings. The zero-order valence-electron chi connectivity index (χ0n) is 17.3.